The number of phenols is 1. The molecule has 0 saturated carbocycles. The fourth-order valence-corrected chi connectivity index (χ4v) is 2.95. The third-order valence-corrected chi connectivity index (χ3v) is 4.22. The standard InChI is InChI=1S/C21H15FN2O/c22-17-5-1-16(2-6-17)21-19(14-9-11-23-12-10-14)13-20(24-21)15-3-7-18(25)8-4-15/h1-12,25H,13H2. The van der Waals surface area contributed by atoms with Gasteiger partial charge in [0.15, 0.2) is 0 Å². The number of phenolic OH excluding ortho intramolecular Hbond substituents is 1. The Morgan fingerprint density at radius 1 is 0.760 bits per heavy atom. The number of rotatable bonds is 3. The molecule has 1 aliphatic heterocycles. The lowest BCUT2D eigenvalue weighted by Gasteiger charge is -2.06. The van der Waals surface area contributed by atoms with E-state index < -0.39 is 0 Å². The molecule has 3 nitrogen and oxygen atoms in total. The molecule has 0 amide bonds. The number of pyridine rings is 1. The molecule has 0 saturated heterocycles. The first-order valence-electron chi connectivity index (χ1n) is 7.97. The first-order chi connectivity index (χ1) is 12.2. The monoisotopic (exact) mass is 330 g/mol. The van der Waals surface area contributed by atoms with E-state index in [2.05, 4.69) is 4.98 Å². The fourth-order valence-electron chi connectivity index (χ4n) is 2.95. The molecular formula is C21H15FN2O. The predicted molar refractivity (Wildman–Crippen MR) is 96.7 cm³/mol. The summed E-state index contributed by atoms with van der Waals surface area (Å²) in [6.45, 7) is 0. The molecule has 0 atom stereocenters. The predicted octanol–water partition coefficient (Wildman–Crippen LogP) is 4.69. The number of hydrogen-bond donors (Lipinski definition) is 1. The van der Waals surface area contributed by atoms with Gasteiger partial charge in [0.2, 0.25) is 0 Å². The maximum atomic E-state index is 13.3. The van der Waals surface area contributed by atoms with Crippen LogP contribution in [-0.2, 0) is 0 Å². The lowest BCUT2D eigenvalue weighted by molar-refractivity contribution is 0.475. The number of aliphatic imine (C=N–C) groups is 1. The zero-order valence-electron chi connectivity index (χ0n) is 13.4. The van der Waals surface area contributed by atoms with Crippen LogP contribution < -0.4 is 0 Å². The van der Waals surface area contributed by atoms with Crippen molar-refractivity contribution in [2.24, 2.45) is 4.99 Å². The van der Waals surface area contributed by atoms with Crippen molar-refractivity contribution in [3.05, 3.63) is 95.6 Å². The van der Waals surface area contributed by atoms with Crippen molar-refractivity contribution in [3.63, 3.8) is 0 Å². The van der Waals surface area contributed by atoms with E-state index in [0.717, 1.165) is 33.7 Å². The van der Waals surface area contributed by atoms with Crippen LogP contribution in [0.25, 0.3) is 11.3 Å². The number of nitrogens with zero attached hydrogens (tertiary/aromatic N) is 2. The second kappa shape index (κ2) is 6.32. The lowest BCUT2D eigenvalue weighted by atomic mass is 9.97. The van der Waals surface area contributed by atoms with Gasteiger partial charge in [-0.3, -0.25) is 9.98 Å². The van der Waals surface area contributed by atoms with Crippen molar-refractivity contribution in [2.45, 2.75) is 6.42 Å². The summed E-state index contributed by atoms with van der Waals surface area (Å²) in [5.74, 6) is -0.0426. The number of aromatic hydroxyl groups is 1. The molecule has 3 aromatic rings. The minimum atomic E-state index is -0.268. The highest BCUT2D eigenvalue weighted by Gasteiger charge is 2.21. The van der Waals surface area contributed by atoms with Crippen LogP contribution in [0.1, 0.15) is 23.1 Å². The van der Waals surface area contributed by atoms with Gasteiger partial charge >= 0.3 is 0 Å². The quantitative estimate of drug-likeness (QED) is 0.757. The van der Waals surface area contributed by atoms with E-state index in [1.54, 1.807) is 36.7 Å². The molecule has 0 bridgehead atoms. The third kappa shape index (κ3) is 3.06. The molecule has 25 heavy (non-hydrogen) atoms. The zero-order chi connectivity index (χ0) is 17.2. The number of allylic oxidation sites excluding steroid dienone is 1. The Bertz CT molecular complexity index is 959. The Labute approximate surface area is 144 Å². The largest absolute Gasteiger partial charge is 0.508 e. The van der Waals surface area contributed by atoms with Gasteiger partial charge in [0.05, 0.1) is 11.4 Å². The maximum Gasteiger partial charge on any atom is 0.123 e. The van der Waals surface area contributed by atoms with Crippen LogP contribution in [0.4, 0.5) is 4.39 Å². The Morgan fingerprint density at radius 2 is 1.40 bits per heavy atom. The minimum absolute atomic E-state index is 0.225. The lowest BCUT2D eigenvalue weighted by Crippen LogP contribution is -1.97. The summed E-state index contributed by atoms with van der Waals surface area (Å²) in [5.41, 5.74) is 5.73. The molecule has 1 N–H and O–H groups in total. The summed E-state index contributed by atoms with van der Waals surface area (Å²) < 4.78 is 13.3. The number of halogens is 1. The first kappa shape index (κ1) is 15.3. The molecule has 4 heteroatoms. The van der Waals surface area contributed by atoms with Crippen LogP contribution in [-0.4, -0.2) is 15.8 Å². The average molecular weight is 330 g/mol. The molecule has 0 radical (unpaired) electrons. The van der Waals surface area contributed by atoms with Gasteiger partial charge in [-0.1, -0.05) is 0 Å². The van der Waals surface area contributed by atoms with Crippen LogP contribution >= 0.6 is 0 Å². The molecule has 2 aromatic carbocycles. The van der Waals surface area contributed by atoms with Crippen molar-refractivity contribution >= 4 is 17.0 Å². The van der Waals surface area contributed by atoms with Crippen molar-refractivity contribution in [1.82, 2.24) is 4.98 Å². The van der Waals surface area contributed by atoms with Gasteiger partial charge in [0.25, 0.3) is 0 Å². The van der Waals surface area contributed by atoms with Gasteiger partial charge in [0, 0.05) is 24.4 Å². The highest BCUT2D eigenvalue weighted by atomic mass is 19.1. The van der Waals surface area contributed by atoms with E-state index in [-0.39, 0.29) is 11.6 Å². The van der Waals surface area contributed by atoms with Crippen LogP contribution in [0.2, 0.25) is 0 Å². The van der Waals surface area contributed by atoms with Crippen molar-refractivity contribution in [2.75, 3.05) is 0 Å². The van der Waals surface area contributed by atoms with Gasteiger partial charge in [0.1, 0.15) is 11.6 Å². The van der Waals surface area contributed by atoms with E-state index in [1.165, 1.54) is 12.1 Å². The molecule has 4 rings (SSSR count). The molecule has 0 unspecified atom stereocenters. The fraction of sp³-hybridized carbons (Fsp3) is 0.0476. The Balaban J connectivity index is 1.80. The van der Waals surface area contributed by atoms with Crippen molar-refractivity contribution in [3.8, 4) is 5.75 Å². The van der Waals surface area contributed by atoms with Crippen LogP contribution in [0.5, 0.6) is 5.75 Å². The first-order valence-corrected chi connectivity index (χ1v) is 7.97. The van der Waals surface area contributed by atoms with Crippen molar-refractivity contribution in [1.29, 1.82) is 0 Å². The highest BCUT2D eigenvalue weighted by molar-refractivity contribution is 6.16. The summed E-state index contributed by atoms with van der Waals surface area (Å²) in [6.07, 6.45) is 4.17. The SMILES string of the molecule is Oc1ccc(C2=NC(c3ccc(F)cc3)=C(c3ccncc3)C2)cc1. The molecule has 0 aliphatic carbocycles. The van der Waals surface area contributed by atoms with Crippen LogP contribution in [0.15, 0.2) is 78.0 Å². The van der Waals surface area contributed by atoms with Crippen molar-refractivity contribution < 1.29 is 9.50 Å². The Kier molecular flexibility index (Phi) is 3.86. The molecule has 122 valence electrons. The summed E-state index contributed by atoms with van der Waals surface area (Å²) in [4.78, 5) is 8.89. The van der Waals surface area contributed by atoms with Gasteiger partial charge in [-0.2, -0.15) is 0 Å². The zero-order valence-corrected chi connectivity index (χ0v) is 13.4. The van der Waals surface area contributed by atoms with Gasteiger partial charge < -0.3 is 5.11 Å². The summed E-state index contributed by atoms with van der Waals surface area (Å²) in [5, 5.41) is 9.49. The smallest absolute Gasteiger partial charge is 0.123 e. The topological polar surface area (TPSA) is 45.5 Å². The van der Waals surface area contributed by atoms with E-state index in [0.29, 0.717) is 6.42 Å². The molecule has 1 aliphatic rings. The molecule has 0 fully saturated rings. The van der Waals surface area contributed by atoms with E-state index in [1.807, 2.05) is 24.3 Å². The van der Waals surface area contributed by atoms with Gasteiger partial charge in [-0.25, -0.2) is 4.39 Å². The second-order valence-corrected chi connectivity index (χ2v) is 5.85. The summed E-state index contributed by atoms with van der Waals surface area (Å²) in [7, 11) is 0. The van der Waals surface area contributed by atoms with E-state index >= 15 is 0 Å². The minimum Gasteiger partial charge on any atom is -0.508 e. The van der Waals surface area contributed by atoms with E-state index in [4.69, 9.17) is 4.99 Å². The molecule has 1 aromatic heterocycles. The Hall–Kier alpha value is -3.27. The number of hydrogen-bond acceptors (Lipinski definition) is 3. The van der Waals surface area contributed by atoms with Crippen LogP contribution in [0.3, 0.4) is 0 Å². The van der Waals surface area contributed by atoms with Gasteiger partial charge in [-0.15, -0.1) is 0 Å². The average Bonchev–Trinajstić information content (AvgIpc) is 3.09. The maximum absolute atomic E-state index is 13.3. The molecule has 0 spiro atoms. The Morgan fingerprint density at radius 3 is 2.08 bits per heavy atom. The number of benzene rings is 2. The number of aromatic nitrogens is 1. The normalized spacial score (nSPS) is 13.9. The third-order valence-electron chi connectivity index (χ3n) is 4.22. The second-order valence-electron chi connectivity index (χ2n) is 5.85. The van der Waals surface area contributed by atoms with Crippen LogP contribution in [0, 0.1) is 5.82 Å². The molecular weight excluding hydrogens is 315 g/mol. The summed E-state index contributed by atoms with van der Waals surface area (Å²) in [6, 6.07) is 17.3. The summed E-state index contributed by atoms with van der Waals surface area (Å²) >= 11 is 0. The van der Waals surface area contributed by atoms with Gasteiger partial charge in [-0.05, 0) is 77.4 Å². The van der Waals surface area contributed by atoms with E-state index in [9.17, 15) is 9.50 Å². The highest BCUT2D eigenvalue weighted by Crippen LogP contribution is 2.37. The molecule has 2 heterocycles.